The molecule has 0 aromatic heterocycles. The van der Waals surface area contributed by atoms with E-state index in [1.54, 1.807) is 11.8 Å². The summed E-state index contributed by atoms with van der Waals surface area (Å²) >= 11 is 5.18. The van der Waals surface area contributed by atoms with Crippen molar-refractivity contribution in [1.29, 1.82) is 0 Å². The molecule has 4 nitrogen and oxygen atoms in total. The second kappa shape index (κ2) is 7.33. The first-order chi connectivity index (χ1) is 9.61. The predicted octanol–water partition coefficient (Wildman–Crippen LogP) is 2.08. The van der Waals surface area contributed by atoms with Gasteiger partial charge in [-0.1, -0.05) is 15.9 Å². The fourth-order valence-corrected chi connectivity index (χ4v) is 3.21. The van der Waals surface area contributed by atoms with Gasteiger partial charge in [0.05, 0.1) is 12.6 Å². The van der Waals surface area contributed by atoms with E-state index >= 15 is 0 Å². The van der Waals surface area contributed by atoms with E-state index in [0.29, 0.717) is 19.6 Å². The number of nitrogens with two attached hydrogens (primary N) is 1. The summed E-state index contributed by atoms with van der Waals surface area (Å²) in [5, 5.41) is 2.89. The number of halogens is 1. The maximum absolute atomic E-state index is 11.9. The zero-order valence-electron chi connectivity index (χ0n) is 11.4. The number of carbonyl (C=O) groups excluding carboxylic acids is 1. The third-order valence-corrected chi connectivity index (χ3v) is 4.35. The molecule has 110 valence electrons. The summed E-state index contributed by atoms with van der Waals surface area (Å²) in [6, 6.07) is 3.61. The molecule has 1 amide bonds. The molecule has 1 atom stereocenters. The lowest BCUT2D eigenvalue weighted by Crippen LogP contribution is -2.40. The molecule has 0 saturated carbocycles. The van der Waals surface area contributed by atoms with Gasteiger partial charge in [-0.05, 0) is 36.1 Å². The number of nitrogens with one attached hydrogen (secondary N) is 1. The normalized spacial score (nSPS) is 14.6. The second-order valence-corrected chi connectivity index (χ2v) is 6.66. The van der Waals surface area contributed by atoms with Crippen LogP contribution in [0.25, 0.3) is 0 Å². The van der Waals surface area contributed by atoms with Gasteiger partial charge in [-0.2, -0.15) is 11.8 Å². The Morgan fingerprint density at radius 1 is 1.60 bits per heavy atom. The summed E-state index contributed by atoms with van der Waals surface area (Å²) in [5.74, 6) is 1.70. The predicted molar refractivity (Wildman–Crippen MR) is 86.2 cm³/mol. The molecule has 2 rings (SSSR count). The lowest BCUT2D eigenvalue weighted by Gasteiger charge is -2.13. The third kappa shape index (κ3) is 3.90. The van der Waals surface area contributed by atoms with Gasteiger partial charge in [0.15, 0.2) is 0 Å². The average Bonchev–Trinajstić information content (AvgIpc) is 2.89. The first-order valence-corrected chi connectivity index (χ1v) is 8.77. The minimum absolute atomic E-state index is 0.106. The Hall–Kier alpha value is -0.720. The van der Waals surface area contributed by atoms with Crippen LogP contribution >= 0.6 is 27.7 Å². The smallest absolute Gasteiger partial charge is 0.237 e. The molecule has 0 spiro atoms. The Balaban J connectivity index is 1.96. The molecular weight excluding hydrogens is 340 g/mol. The summed E-state index contributed by atoms with van der Waals surface area (Å²) in [6.45, 7) is 1.16. The van der Waals surface area contributed by atoms with Crippen LogP contribution in [0.3, 0.4) is 0 Å². The first-order valence-electron chi connectivity index (χ1n) is 6.58. The van der Waals surface area contributed by atoms with Gasteiger partial charge in [-0.25, -0.2) is 0 Å². The Morgan fingerprint density at radius 3 is 3.15 bits per heavy atom. The highest BCUT2D eigenvalue weighted by molar-refractivity contribution is 9.10. The molecule has 1 heterocycles. The van der Waals surface area contributed by atoms with Crippen LogP contribution in [0.2, 0.25) is 0 Å². The third-order valence-electron chi connectivity index (χ3n) is 3.25. The molecule has 1 aromatic rings. The summed E-state index contributed by atoms with van der Waals surface area (Å²) in [4.78, 5) is 11.9. The van der Waals surface area contributed by atoms with Gasteiger partial charge in [-0.15, -0.1) is 0 Å². The Labute approximate surface area is 132 Å². The molecule has 0 unspecified atom stereocenters. The highest BCUT2D eigenvalue weighted by Crippen LogP contribution is 2.32. The number of hydrogen-bond donors (Lipinski definition) is 2. The van der Waals surface area contributed by atoms with Crippen molar-refractivity contribution in [2.75, 3.05) is 18.6 Å². The fraction of sp³-hybridized carbons (Fsp3) is 0.500. The highest BCUT2D eigenvalue weighted by Gasteiger charge is 2.19. The molecule has 0 radical (unpaired) electrons. The van der Waals surface area contributed by atoms with Gasteiger partial charge in [-0.3, -0.25) is 4.79 Å². The van der Waals surface area contributed by atoms with Crippen molar-refractivity contribution >= 4 is 33.6 Å². The number of fused-ring (bicyclic) bond motifs is 1. The van der Waals surface area contributed by atoms with Crippen molar-refractivity contribution in [3.63, 3.8) is 0 Å². The Kier molecular flexibility index (Phi) is 5.74. The van der Waals surface area contributed by atoms with Gasteiger partial charge in [0.1, 0.15) is 5.75 Å². The number of ether oxygens (including phenoxy) is 1. The van der Waals surface area contributed by atoms with E-state index in [1.807, 2.05) is 12.3 Å². The molecule has 3 N–H and O–H groups in total. The second-order valence-electron chi connectivity index (χ2n) is 4.76. The molecule has 0 fully saturated rings. The van der Waals surface area contributed by atoms with E-state index in [4.69, 9.17) is 10.5 Å². The maximum atomic E-state index is 11.9. The largest absolute Gasteiger partial charge is 0.493 e. The van der Waals surface area contributed by atoms with Crippen molar-refractivity contribution in [2.24, 2.45) is 5.73 Å². The van der Waals surface area contributed by atoms with Gasteiger partial charge >= 0.3 is 0 Å². The Bertz CT molecular complexity index is 496. The van der Waals surface area contributed by atoms with E-state index in [0.717, 1.165) is 28.0 Å². The zero-order chi connectivity index (χ0) is 14.5. The first kappa shape index (κ1) is 15.7. The number of thioether (sulfide) groups is 1. The van der Waals surface area contributed by atoms with E-state index in [9.17, 15) is 4.79 Å². The summed E-state index contributed by atoms with van der Waals surface area (Å²) in [5.41, 5.74) is 8.03. The number of carbonyl (C=O) groups is 1. The van der Waals surface area contributed by atoms with Crippen LogP contribution < -0.4 is 15.8 Å². The van der Waals surface area contributed by atoms with Crippen molar-refractivity contribution < 1.29 is 9.53 Å². The molecule has 0 saturated heterocycles. The van der Waals surface area contributed by atoms with Crippen molar-refractivity contribution in [1.82, 2.24) is 5.32 Å². The van der Waals surface area contributed by atoms with E-state index in [2.05, 4.69) is 27.3 Å². The quantitative estimate of drug-likeness (QED) is 0.816. The van der Waals surface area contributed by atoms with Crippen LogP contribution in [0.5, 0.6) is 5.75 Å². The SMILES string of the molecule is CSCC[C@@H](N)C(=O)NCc1cc(Br)cc2c1OCC2. The summed E-state index contributed by atoms with van der Waals surface area (Å²) in [6.07, 6.45) is 3.62. The van der Waals surface area contributed by atoms with Gasteiger partial charge in [0, 0.05) is 23.0 Å². The van der Waals surface area contributed by atoms with Crippen LogP contribution in [0.1, 0.15) is 17.5 Å². The lowest BCUT2D eigenvalue weighted by atomic mass is 10.1. The Morgan fingerprint density at radius 2 is 2.40 bits per heavy atom. The van der Waals surface area contributed by atoms with Gasteiger partial charge in [0.2, 0.25) is 5.91 Å². The van der Waals surface area contributed by atoms with E-state index < -0.39 is 6.04 Å². The summed E-state index contributed by atoms with van der Waals surface area (Å²) < 4.78 is 6.65. The highest BCUT2D eigenvalue weighted by atomic mass is 79.9. The van der Waals surface area contributed by atoms with Crippen molar-refractivity contribution in [3.8, 4) is 5.75 Å². The van der Waals surface area contributed by atoms with E-state index in [-0.39, 0.29) is 5.91 Å². The minimum atomic E-state index is -0.441. The number of benzene rings is 1. The molecule has 6 heteroatoms. The molecule has 1 aliphatic heterocycles. The van der Waals surface area contributed by atoms with Gasteiger partial charge < -0.3 is 15.8 Å². The van der Waals surface area contributed by atoms with Crippen molar-refractivity contribution in [3.05, 3.63) is 27.7 Å². The van der Waals surface area contributed by atoms with Crippen LogP contribution in [0, 0.1) is 0 Å². The molecule has 20 heavy (non-hydrogen) atoms. The molecule has 1 aromatic carbocycles. The van der Waals surface area contributed by atoms with Crippen LogP contribution in [0.4, 0.5) is 0 Å². The maximum Gasteiger partial charge on any atom is 0.237 e. The van der Waals surface area contributed by atoms with Gasteiger partial charge in [0.25, 0.3) is 0 Å². The van der Waals surface area contributed by atoms with Crippen LogP contribution in [-0.2, 0) is 17.8 Å². The molecule has 1 aliphatic rings. The average molecular weight is 359 g/mol. The number of rotatable bonds is 6. The monoisotopic (exact) mass is 358 g/mol. The number of amides is 1. The van der Waals surface area contributed by atoms with Crippen LogP contribution in [-0.4, -0.2) is 30.6 Å². The molecule has 0 bridgehead atoms. The lowest BCUT2D eigenvalue weighted by molar-refractivity contribution is -0.122. The minimum Gasteiger partial charge on any atom is -0.493 e. The van der Waals surface area contributed by atoms with Crippen LogP contribution in [0.15, 0.2) is 16.6 Å². The standard InChI is InChI=1S/C14H19BrN2O2S/c1-20-5-3-12(16)14(18)17-8-10-7-11(15)6-9-2-4-19-13(9)10/h6-7,12H,2-5,8,16H2,1H3,(H,17,18)/t12-/m1/s1. The zero-order valence-corrected chi connectivity index (χ0v) is 13.9. The topological polar surface area (TPSA) is 64.4 Å². The number of hydrogen-bond acceptors (Lipinski definition) is 4. The molecular formula is C14H19BrN2O2S. The fourth-order valence-electron chi connectivity index (χ4n) is 2.17. The van der Waals surface area contributed by atoms with E-state index in [1.165, 1.54) is 5.56 Å². The van der Waals surface area contributed by atoms with Crippen molar-refractivity contribution in [2.45, 2.75) is 25.4 Å². The summed E-state index contributed by atoms with van der Waals surface area (Å²) in [7, 11) is 0. The molecule has 0 aliphatic carbocycles.